The molecule has 7 heteroatoms. The molecular weight excluding hydrogens is 588 g/mol. The van der Waals surface area contributed by atoms with Gasteiger partial charge in [-0.15, -0.1) is 0 Å². The maximum Gasteiger partial charge on any atom is 0.338 e. The van der Waals surface area contributed by atoms with Crippen molar-refractivity contribution in [2.45, 2.75) is 70.9 Å². The number of aromatic nitrogens is 1. The quantitative estimate of drug-likeness (QED) is 0.207. The number of hydrogen-bond donors (Lipinski definition) is 0. The first-order chi connectivity index (χ1) is 22.7. The summed E-state index contributed by atoms with van der Waals surface area (Å²) >= 11 is 0. The zero-order chi connectivity index (χ0) is 32.7. The van der Waals surface area contributed by atoms with Gasteiger partial charge in [-0.2, -0.15) is 0 Å². The standard InChI is InChI=1S/C40H44N2O5/c1-40(2,3)47-39(44)27-14-16-34-35(24-27)42-25-29(31-12-8-9-13-33(31)38(43)41-18-20-46-21-19-41)22-28-23-30(45-4)15-17-32(28)37(42)36(34)26-10-6-5-7-11-26/h8-9,12-17,22-24,26H,5-7,10-11,18-21,25H2,1-4H3. The summed E-state index contributed by atoms with van der Waals surface area (Å²) in [4.78, 5) is 29.2. The molecule has 3 heterocycles. The van der Waals surface area contributed by atoms with Crippen LogP contribution >= 0.6 is 0 Å². The van der Waals surface area contributed by atoms with Crippen molar-refractivity contribution in [2.24, 2.45) is 0 Å². The Morgan fingerprint density at radius 2 is 1.66 bits per heavy atom. The van der Waals surface area contributed by atoms with Crippen LogP contribution in [-0.4, -0.2) is 60.4 Å². The lowest BCUT2D eigenvalue weighted by Gasteiger charge is -2.28. The zero-order valence-corrected chi connectivity index (χ0v) is 27.9. The second kappa shape index (κ2) is 12.7. The summed E-state index contributed by atoms with van der Waals surface area (Å²) in [6.07, 6.45) is 8.20. The molecule has 0 atom stereocenters. The van der Waals surface area contributed by atoms with E-state index in [1.165, 1.54) is 35.9 Å². The topological polar surface area (TPSA) is 70.0 Å². The molecule has 47 heavy (non-hydrogen) atoms. The maximum atomic E-state index is 14.0. The first-order valence-corrected chi connectivity index (χ1v) is 17.0. The SMILES string of the molecule is COc1ccc2c(c1)C=C(c1ccccc1C(=O)N1CCOCC1)Cn1c-2c(C2CCCCC2)c2ccc(C(=O)OC(C)(C)C)cc21. The minimum absolute atomic E-state index is 0.0209. The number of methoxy groups -OCH3 is 1. The van der Waals surface area contributed by atoms with Crippen LogP contribution in [0.2, 0.25) is 0 Å². The lowest BCUT2D eigenvalue weighted by molar-refractivity contribution is 0.00695. The van der Waals surface area contributed by atoms with Crippen molar-refractivity contribution in [3.8, 4) is 17.0 Å². The number of nitrogens with zero attached hydrogens (tertiary/aromatic N) is 2. The molecule has 1 aromatic heterocycles. The van der Waals surface area contributed by atoms with Gasteiger partial charge in [-0.1, -0.05) is 43.5 Å². The number of benzene rings is 3. The molecule has 7 rings (SSSR count). The van der Waals surface area contributed by atoms with E-state index in [1.807, 2.05) is 62.1 Å². The van der Waals surface area contributed by atoms with Crippen LogP contribution in [0, 0.1) is 0 Å². The highest BCUT2D eigenvalue weighted by molar-refractivity contribution is 6.04. The van der Waals surface area contributed by atoms with Crippen molar-refractivity contribution in [3.05, 3.63) is 88.5 Å². The first-order valence-electron chi connectivity index (χ1n) is 17.0. The Kier molecular flexibility index (Phi) is 8.43. The van der Waals surface area contributed by atoms with E-state index in [0.29, 0.717) is 49.9 Å². The lowest BCUT2D eigenvalue weighted by Crippen LogP contribution is -2.41. The zero-order valence-electron chi connectivity index (χ0n) is 27.9. The van der Waals surface area contributed by atoms with Crippen molar-refractivity contribution in [1.82, 2.24) is 9.47 Å². The van der Waals surface area contributed by atoms with E-state index in [1.54, 1.807) is 7.11 Å². The number of carbonyl (C=O) groups excluding carboxylic acids is 2. The van der Waals surface area contributed by atoms with Crippen molar-refractivity contribution in [3.63, 3.8) is 0 Å². The van der Waals surface area contributed by atoms with Gasteiger partial charge in [0.05, 0.1) is 31.6 Å². The van der Waals surface area contributed by atoms with Gasteiger partial charge in [0.2, 0.25) is 0 Å². The molecular formula is C40H44N2O5. The van der Waals surface area contributed by atoms with Crippen LogP contribution in [0.1, 0.15) is 96.2 Å². The highest BCUT2D eigenvalue weighted by Crippen LogP contribution is 2.48. The number of rotatable bonds is 5. The molecule has 1 saturated heterocycles. The van der Waals surface area contributed by atoms with Gasteiger partial charge in [-0.3, -0.25) is 4.79 Å². The summed E-state index contributed by atoms with van der Waals surface area (Å²) in [7, 11) is 1.70. The van der Waals surface area contributed by atoms with Gasteiger partial charge in [-0.25, -0.2) is 4.79 Å². The molecule has 4 aromatic rings. The fourth-order valence-corrected chi connectivity index (χ4v) is 7.56. The average molecular weight is 633 g/mol. The number of amides is 1. The molecule has 3 aromatic carbocycles. The number of fused-ring (bicyclic) bond motifs is 5. The summed E-state index contributed by atoms with van der Waals surface area (Å²) in [6, 6.07) is 20.3. The Hall–Kier alpha value is -4.36. The van der Waals surface area contributed by atoms with E-state index in [9.17, 15) is 9.59 Å². The average Bonchev–Trinajstić information content (AvgIpc) is 3.30. The third-order valence-electron chi connectivity index (χ3n) is 9.73. The Morgan fingerprint density at radius 1 is 0.894 bits per heavy atom. The summed E-state index contributed by atoms with van der Waals surface area (Å²) in [6.45, 7) is 8.48. The minimum Gasteiger partial charge on any atom is -0.497 e. The second-order valence-electron chi connectivity index (χ2n) is 14.0. The molecule has 0 radical (unpaired) electrons. The second-order valence-corrected chi connectivity index (χ2v) is 14.0. The molecule has 0 N–H and O–H groups in total. The minimum atomic E-state index is -0.597. The summed E-state index contributed by atoms with van der Waals surface area (Å²) in [5.41, 5.74) is 8.31. The van der Waals surface area contributed by atoms with Crippen molar-refractivity contribution < 1.29 is 23.8 Å². The Balaban J connectivity index is 1.45. The smallest absolute Gasteiger partial charge is 0.338 e. The number of hydrogen-bond acceptors (Lipinski definition) is 5. The molecule has 0 spiro atoms. The van der Waals surface area contributed by atoms with E-state index >= 15 is 0 Å². The Morgan fingerprint density at radius 3 is 2.40 bits per heavy atom. The van der Waals surface area contributed by atoms with Crippen LogP contribution in [0.4, 0.5) is 0 Å². The van der Waals surface area contributed by atoms with Gasteiger partial charge in [0.1, 0.15) is 11.4 Å². The maximum absolute atomic E-state index is 14.0. The van der Waals surface area contributed by atoms with E-state index in [-0.39, 0.29) is 11.9 Å². The van der Waals surface area contributed by atoms with Gasteiger partial charge in [0, 0.05) is 41.7 Å². The molecule has 7 nitrogen and oxygen atoms in total. The van der Waals surface area contributed by atoms with Crippen LogP contribution in [-0.2, 0) is 16.0 Å². The van der Waals surface area contributed by atoms with Gasteiger partial charge in [-0.05, 0) is 104 Å². The Labute approximate surface area is 277 Å². The first kappa shape index (κ1) is 31.3. The van der Waals surface area contributed by atoms with Crippen molar-refractivity contribution in [2.75, 3.05) is 33.4 Å². The largest absolute Gasteiger partial charge is 0.497 e. The number of allylic oxidation sites excluding steroid dienone is 1. The highest BCUT2D eigenvalue weighted by atomic mass is 16.6. The van der Waals surface area contributed by atoms with Crippen LogP contribution in [0.15, 0.2) is 60.7 Å². The molecule has 2 aliphatic heterocycles. The van der Waals surface area contributed by atoms with E-state index in [0.717, 1.165) is 46.4 Å². The van der Waals surface area contributed by atoms with Crippen LogP contribution in [0.5, 0.6) is 5.75 Å². The van der Waals surface area contributed by atoms with Gasteiger partial charge < -0.3 is 23.7 Å². The van der Waals surface area contributed by atoms with E-state index in [2.05, 4.69) is 34.9 Å². The fraction of sp³-hybridized carbons (Fsp3) is 0.400. The Bertz CT molecular complexity index is 1870. The summed E-state index contributed by atoms with van der Waals surface area (Å²) in [5.74, 6) is 0.896. The van der Waals surface area contributed by atoms with Crippen LogP contribution < -0.4 is 4.74 Å². The van der Waals surface area contributed by atoms with Crippen molar-refractivity contribution in [1.29, 1.82) is 0 Å². The van der Waals surface area contributed by atoms with Gasteiger partial charge in [0.15, 0.2) is 0 Å². The van der Waals surface area contributed by atoms with E-state index in [4.69, 9.17) is 14.2 Å². The molecule has 244 valence electrons. The molecule has 1 amide bonds. The highest BCUT2D eigenvalue weighted by Gasteiger charge is 2.31. The molecule has 0 unspecified atom stereocenters. The number of esters is 1. The van der Waals surface area contributed by atoms with Crippen molar-refractivity contribution >= 4 is 34.4 Å². The predicted octanol–water partition coefficient (Wildman–Crippen LogP) is 8.35. The third-order valence-corrected chi connectivity index (χ3v) is 9.73. The predicted molar refractivity (Wildman–Crippen MR) is 186 cm³/mol. The van der Waals surface area contributed by atoms with E-state index < -0.39 is 5.60 Å². The number of morpholine rings is 1. The van der Waals surface area contributed by atoms with Gasteiger partial charge in [0.25, 0.3) is 5.91 Å². The monoisotopic (exact) mass is 632 g/mol. The normalized spacial score (nSPS) is 17.0. The van der Waals surface area contributed by atoms with Crippen LogP contribution in [0.25, 0.3) is 33.8 Å². The molecule has 3 aliphatic rings. The van der Waals surface area contributed by atoms with Crippen LogP contribution in [0.3, 0.4) is 0 Å². The summed E-state index contributed by atoms with van der Waals surface area (Å²) < 4.78 is 19.5. The molecule has 2 fully saturated rings. The number of carbonyl (C=O) groups is 2. The number of ether oxygens (including phenoxy) is 3. The fourth-order valence-electron chi connectivity index (χ4n) is 7.56. The summed E-state index contributed by atoms with van der Waals surface area (Å²) in [5, 5.41) is 1.18. The molecule has 0 bridgehead atoms. The molecule has 1 saturated carbocycles. The van der Waals surface area contributed by atoms with Gasteiger partial charge >= 0.3 is 5.97 Å². The lowest BCUT2D eigenvalue weighted by atomic mass is 9.81. The molecule has 1 aliphatic carbocycles. The third kappa shape index (κ3) is 6.09.